The fourth-order valence-electron chi connectivity index (χ4n) is 3.66. The maximum atomic E-state index is 12.9. The first-order valence-corrected chi connectivity index (χ1v) is 8.66. The zero-order valence-electron chi connectivity index (χ0n) is 15.2. The lowest BCUT2D eigenvalue weighted by Gasteiger charge is -2.34. The fourth-order valence-corrected chi connectivity index (χ4v) is 3.66. The number of rotatable bonds is 4. The number of hydrogen-bond acceptors (Lipinski definition) is 5. The van der Waals surface area contributed by atoms with Crippen LogP contribution >= 0.6 is 0 Å². The van der Waals surface area contributed by atoms with Gasteiger partial charge in [0.2, 0.25) is 5.91 Å². The minimum absolute atomic E-state index is 0.00828. The molecule has 0 bridgehead atoms. The molecule has 0 aromatic carbocycles. The quantitative estimate of drug-likeness (QED) is 0.797. The number of hydrogen-bond donors (Lipinski definition) is 0. The Labute approximate surface area is 147 Å². The Morgan fingerprint density at radius 1 is 1.28 bits per heavy atom. The van der Waals surface area contributed by atoms with Gasteiger partial charge in [0, 0.05) is 18.3 Å². The number of Topliss-reactive ketones (excluding diaryl/α,β-unsaturated/α-hetero) is 1. The molecule has 1 aliphatic heterocycles. The lowest BCUT2D eigenvalue weighted by Crippen LogP contribution is -2.40. The molecule has 1 saturated heterocycles. The maximum Gasteiger partial charge on any atom is 0.244 e. The molecule has 0 N–H and O–H groups in total. The second kappa shape index (κ2) is 6.82. The van der Waals surface area contributed by atoms with Gasteiger partial charge in [-0.2, -0.15) is 5.10 Å². The van der Waals surface area contributed by atoms with E-state index in [0.717, 1.165) is 36.4 Å². The monoisotopic (exact) mass is 344 g/mol. The summed E-state index contributed by atoms with van der Waals surface area (Å²) in [6, 6.07) is 1.84. The van der Waals surface area contributed by atoms with Gasteiger partial charge < -0.3 is 9.42 Å². The number of aromatic nitrogens is 3. The number of carbonyl (C=O) groups excluding carboxylic acids is 2. The van der Waals surface area contributed by atoms with Crippen molar-refractivity contribution in [3.8, 4) is 0 Å². The normalized spacial score (nSPS) is 17.8. The highest BCUT2D eigenvalue weighted by Crippen LogP contribution is 2.31. The van der Waals surface area contributed by atoms with E-state index in [9.17, 15) is 9.59 Å². The second-order valence-electron chi connectivity index (χ2n) is 6.72. The number of amides is 1. The Hall–Kier alpha value is -2.44. The molecule has 0 spiro atoms. The van der Waals surface area contributed by atoms with Crippen LogP contribution in [0.25, 0.3) is 0 Å². The van der Waals surface area contributed by atoms with Crippen LogP contribution in [0.1, 0.15) is 65.4 Å². The molecule has 1 unspecified atom stereocenters. The Kier molecular flexibility index (Phi) is 4.74. The van der Waals surface area contributed by atoms with Crippen molar-refractivity contribution in [3.63, 3.8) is 0 Å². The summed E-state index contributed by atoms with van der Waals surface area (Å²) in [5.41, 5.74) is 2.82. The molecule has 2 aromatic rings. The summed E-state index contributed by atoms with van der Waals surface area (Å²) >= 11 is 0. The van der Waals surface area contributed by atoms with E-state index in [1.807, 2.05) is 24.8 Å². The molecular formula is C18H24N4O3. The third kappa shape index (κ3) is 3.36. The molecule has 1 fully saturated rings. The molecule has 3 heterocycles. The number of likely N-dealkylation sites (tertiary alicyclic amines) is 1. The van der Waals surface area contributed by atoms with Gasteiger partial charge in [0.15, 0.2) is 5.78 Å². The van der Waals surface area contributed by atoms with E-state index in [1.165, 1.54) is 6.92 Å². The topological polar surface area (TPSA) is 81.2 Å². The van der Waals surface area contributed by atoms with Crippen LogP contribution in [0.5, 0.6) is 0 Å². The zero-order chi connectivity index (χ0) is 18.1. The Balaban J connectivity index is 1.82. The Morgan fingerprint density at radius 3 is 2.64 bits per heavy atom. The molecule has 2 aromatic heterocycles. The van der Waals surface area contributed by atoms with Crippen LogP contribution < -0.4 is 0 Å². The van der Waals surface area contributed by atoms with Gasteiger partial charge in [-0.1, -0.05) is 5.16 Å². The van der Waals surface area contributed by atoms with Crippen LogP contribution in [0.3, 0.4) is 0 Å². The van der Waals surface area contributed by atoms with Gasteiger partial charge in [0.25, 0.3) is 0 Å². The predicted octanol–water partition coefficient (Wildman–Crippen LogP) is 2.75. The highest BCUT2D eigenvalue weighted by atomic mass is 16.5. The van der Waals surface area contributed by atoms with Crippen molar-refractivity contribution in [2.75, 3.05) is 6.54 Å². The summed E-state index contributed by atoms with van der Waals surface area (Å²) < 4.78 is 6.82. The van der Waals surface area contributed by atoms with Gasteiger partial charge in [-0.3, -0.25) is 14.3 Å². The van der Waals surface area contributed by atoms with E-state index >= 15 is 0 Å². The SMILES string of the molecule is CC(=O)c1c(C)nn(CC(=O)N2CCCCC2c2cc(C)on2)c1C. The molecule has 7 heteroatoms. The van der Waals surface area contributed by atoms with E-state index in [0.29, 0.717) is 17.8 Å². The van der Waals surface area contributed by atoms with Crippen LogP contribution in [0.2, 0.25) is 0 Å². The summed E-state index contributed by atoms with van der Waals surface area (Å²) in [6.45, 7) is 7.84. The number of piperidine rings is 1. The Bertz CT molecular complexity index is 805. The van der Waals surface area contributed by atoms with E-state index in [1.54, 1.807) is 11.6 Å². The number of nitrogens with zero attached hydrogens (tertiary/aromatic N) is 4. The van der Waals surface area contributed by atoms with Crippen molar-refractivity contribution in [1.29, 1.82) is 0 Å². The first kappa shape index (κ1) is 17.4. The Morgan fingerprint density at radius 2 is 2.04 bits per heavy atom. The number of ketones is 1. The van der Waals surface area contributed by atoms with E-state index in [4.69, 9.17) is 4.52 Å². The van der Waals surface area contributed by atoms with Crippen molar-refractivity contribution in [2.45, 2.75) is 59.5 Å². The number of carbonyl (C=O) groups is 2. The van der Waals surface area contributed by atoms with Crippen molar-refractivity contribution in [1.82, 2.24) is 19.8 Å². The summed E-state index contributed by atoms with van der Waals surface area (Å²) in [7, 11) is 0. The smallest absolute Gasteiger partial charge is 0.244 e. The van der Waals surface area contributed by atoms with Gasteiger partial charge in [-0.15, -0.1) is 0 Å². The third-order valence-electron chi connectivity index (χ3n) is 4.83. The van der Waals surface area contributed by atoms with Gasteiger partial charge >= 0.3 is 0 Å². The molecule has 0 aliphatic carbocycles. The molecule has 1 atom stereocenters. The molecule has 1 amide bonds. The minimum atomic E-state index is -0.0528. The van der Waals surface area contributed by atoms with Crippen molar-refractivity contribution >= 4 is 11.7 Å². The minimum Gasteiger partial charge on any atom is -0.361 e. The average Bonchev–Trinajstić information content (AvgIpc) is 3.11. The lowest BCUT2D eigenvalue weighted by molar-refractivity contribution is -0.136. The summed E-state index contributed by atoms with van der Waals surface area (Å²) in [5.74, 6) is 0.714. The highest BCUT2D eigenvalue weighted by molar-refractivity contribution is 5.96. The van der Waals surface area contributed by atoms with Gasteiger partial charge in [-0.05, 0) is 47.0 Å². The largest absolute Gasteiger partial charge is 0.361 e. The van der Waals surface area contributed by atoms with Crippen molar-refractivity contribution in [2.24, 2.45) is 0 Å². The number of aryl methyl sites for hydroxylation is 2. The van der Waals surface area contributed by atoms with Crippen LogP contribution in [-0.2, 0) is 11.3 Å². The molecule has 3 rings (SSSR count). The standard InChI is InChI=1S/C18H24N4O3/c1-11-9-15(20-25-11)16-7-5-6-8-21(16)17(24)10-22-13(3)18(14(4)23)12(2)19-22/h9,16H,5-8,10H2,1-4H3. The first-order valence-electron chi connectivity index (χ1n) is 8.66. The van der Waals surface area contributed by atoms with Gasteiger partial charge in [-0.25, -0.2) is 0 Å². The lowest BCUT2D eigenvalue weighted by atomic mass is 9.99. The molecular weight excluding hydrogens is 320 g/mol. The summed E-state index contributed by atoms with van der Waals surface area (Å²) in [6.07, 6.45) is 2.93. The molecule has 0 radical (unpaired) electrons. The van der Waals surface area contributed by atoms with Crippen molar-refractivity contribution < 1.29 is 14.1 Å². The first-order chi connectivity index (χ1) is 11.9. The molecule has 7 nitrogen and oxygen atoms in total. The maximum absolute atomic E-state index is 12.9. The molecule has 25 heavy (non-hydrogen) atoms. The van der Waals surface area contributed by atoms with Gasteiger partial charge in [0.1, 0.15) is 18.0 Å². The highest BCUT2D eigenvalue weighted by Gasteiger charge is 2.30. The molecule has 134 valence electrons. The van der Waals surface area contributed by atoms with E-state index in [2.05, 4.69) is 10.3 Å². The van der Waals surface area contributed by atoms with Crippen molar-refractivity contribution in [3.05, 3.63) is 34.5 Å². The molecule has 1 aliphatic rings. The predicted molar refractivity (Wildman–Crippen MR) is 91.3 cm³/mol. The van der Waals surface area contributed by atoms with E-state index < -0.39 is 0 Å². The van der Waals surface area contributed by atoms with E-state index in [-0.39, 0.29) is 24.3 Å². The fraction of sp³-hybridized carbons (Fsp3) is 0.556. The van der Waals surface area contributed by atoms with Crippen LogP contribution in [0, 0.1) is 20.8 Å². The summed E-state index contributed by atoms with van der Waals surface area (Å²) in [4.78, 5) is 26.5. The van der Waals surface area contributed by atoms with Crippen LogP contribution in [0.15, 0.2) is 10.6 Å². The third-order valence-corrected chi connectivity index (χ3v) is 4.83. The van der Waals surface area contributed by atoms with Gasteiger partial charge in [0.05, 0.1) is 17.3 Å². The average molecular weight is 344 g/mol. The van der Waals surface area contributed by atoms with Crippen LogP contribution in [-0.4, -0.2) is 38.1 Å². The zero-order valence-corrected chi connectivity index (χ0v) is 15.2. The summed E-state index contributed by atoms with van der Waals surface area (Å²) in [5, 5.41) is 8.48. The van der Waals surface area contributed by atoms with Crippen LogP contribution in [0.4, 0.5) is 0 Å². The molecule has 0 saturated carbocycles. The second-order valence-corrected chi connectivity index (χ2v) is 6.72.